The zero-order valence-corrected chi connectivity index (χ0v) is 7.60. The Kier molecular flexibility index (Phi) is 3.37. The predicted octanol–water partition coefficient (Wildman–Crippen LogP) is 1.46. The smallest absolute Gasteiger partial charge is 0.0674 e. The zero-order chi connectivity index (χ0) is 8.27. The summed E-state index contributed by atoms with van der Waals surface area (Å²) in [5.74, 6) is 0. The van der Waals surface area contributed by atoms with E-state index in [4.69, 9.17) is 16.3 Å². The third-order valence-corrected chi connectivity index (χ3v) is 1.84. The molecule has 2 nitrogen and oxygen atoms in total. The molecule has 0 aromatic heterocycles. The molecule has 11 heavy (non-hydrogen) atoms. The summed E-state index contributed by atoms with van der Waals surface area (Å²) in [4.78, 5) is 2.25. The van der Waals surface area contributed by atoms with Gasteiger partial charge in [0.1, 0.15) is 0 Å². The quantitative estimate of drug-likeness (QED) is 0.630. The minimum atomic E-state index is 0.333. The van der Waals surface area contributed by atoms with Crippen LogP contribution in [0.15, 0.2) is 11.6 Å². The third-order valence-electron chi connectivity index (χ3n) is 1.72. The van der Waals surface area contributed by atoms with Crippen LogP contribution >= 0.6 is 11.6 Å². The number of morpholine rings is 1. The van der Waals surface area contributed by atoms with Crippen LogP contribution < -0.4 is 0 Å². The van der Waals surface area contributed by atoms with Crippen molar-refractivity contribution in [2.24, 2.45) is 0 Å². The summed E-state index contributed by atoms with van der Waals surface area (Å²) >= 11 is 5.68. The Balaban J connectivity index is 2.28. The lowest BCUT2D eigenvalue weighted by molar-refractivity contribution is -0.0143. The van der Waals surface area contributed by atoms with Crippen LogP contribution in [0, 0.1) is 0 Å². The largest absolute Gasteiger partial charge is 0.376 e. The number of hydrogen-bond donors (Lipinski definition) is 0. The van der Waals surface area contributed by atoms with Crippen LogP contribution in [-0.2, 0) is 4.74 Å². The van der Waals surface area contributed by atoms with E-state index < -0.39 is 0 Å². The monoisotopic (exact) mass is 175 g/mol. The van der Waals surface area contributed by atoms with Gasteiger partial charge in [0.15, 0.2) is 0 Å². The molecule has 1 aliphatic rings. The molecule has 1 unspecified atom stereocenters. The van der Waals surface area contributed by atoms with Crippen LogP contribution in [-0.4, -0.2) is 37.2 Å². The van der Waals surface area contributed by atoms with Gasteiger partial charge in [-0.05, 0) is 6.92 Å². The molecule has 0 aromatic carbocycles. The number of nitrogens with zero attached hydrogens (tertiary/aromatic N) is 1. The highest BCUT2D eigenvalue weighted by Crippen LogP contribution is 2.07. The van der Waals surface area contributed by atoms with E-state index >= 15 is 0 Å². The second kappa shape index (κ2) is 4.10. The number of ether oxygens (including phenoxy) is 1. The Morgan fingerprint density at radius 1 is 1.82 bits per heavy atom. The van der Waals surface area contributed by atoms with Crippen molar-refractivity contribution in [2.75, 3.05) is 26.2 Å². The van der Waals surface area contributed by atoms with Crippen LogP contribution in [0.3, 0.4) is 0 Å². The first-order valence-electron chi connectivity index (χ1n) is 3.85. The van der Waals surface area contributed by atoms with Gasteiger partial charge in [0, 0.05) is 24.7 Å². The summed E-state index contributed by atoms with van der Waals surface area (Å²) in [7, 11) is 0. The van der Waals surface area contributed by atoms with Gasteiger partial charge in [0.05, 0.1) is 12.7 Å². The fourth-order valence-electron chi connectivity index (χ4n) is 1.28. The van der Waals surface area contributed by atoms with E-state index in [1.54, 1.807) is 0 Å². The lowest BCUT2D eigenvalue weighted by Gasteiger charge is -2.30. The highest BCUT2D eigenvalue weighted by molar-refractivity contribution is 6.29. The summed E-state index contributed by atoms with van der Waals surface area (Å²) in [6.07, 6.45) is 0.333. The van der Waals surface area contributed by atoms with Crippen molar-refractivity contribution < 1.29 is 4.74 Å². The summed E-state index contributed by atoms with van der Waals surface area (Å²) < 4.78 is 5.38. The Bertz CT molecular complexity index is 149. The maximum atomic E-state index is 5.68. The number of hydrogen-bond acceptors (Lipinski definition) is 2. The summed E-state index contributed by atoms with van der Waals surface area (Å²) in [6, 6.07) is 0. The highest BCUT2D eigenvalue weighted by atomic mass is 35.5. The van der Waals surface area contributed by atoms with Gasteiger partial charge in [0.2, 0.25) is 0 Å². The zero-order valence-electron chi connectivity index (χ0n) is 6.85. The first kappa shape index (κ1) is 9.04. The SMILES string of the molecule is C=C(Cl)CN1CCOC(C)C1. The van der Waals surface area contributed by atoms with Crippen molar-refractivity contribution in [3.63, 3.8) is 0 Å². The second-order valence-electron chi connectivity index (χ2n) is 2.93. The van der Waals surface area contributed by atoms with Crippen molar-refractivity contribution in [2.45, 2.75) is 13.0 Å². The molecule has 1 atom stereocenters. The van der Waals surface area contributed by atoms with E-state index in [9.17, 15) is 0 Å². The molecule has 0 N–H and O–H groups in total. The number of halogens is 1. The molecule has 0 aromatic rings. The first-order chi connectivity index (χ1) is 5.18. The molecule has 0 aliphatic carbocycles. The molecule has 1 fully saturated rings. The van der Waals surface area contributed by atoms with Gasteiger partial charge in [-0.25, -0.2) is 0 Å². The Morgan fingerprint density at radius 3 is 3.09 bits per heavy atom. The van der Waals surface area contributed by atoms with Crippen LogP contribution in [0.25, 0.3) is 0 Å². The van der Waals surface area contributed by atoms with Gasteiger partial charge >= 0.3 is 0 Å². The van der Waals surface area contributed by atoms with Gasteiger partial charge in [-0.1, -0.05) is 18.2 Å². The minimum absolute atomic E-state index is 0.333. The van der Waals surface area contributed by atoms with E-state index in [0.717, 1.165) is 26.2 Å². The fraction of sp³-hybridized carbons (Fsp3) is 0.750. The lowest BCUT2D eigenvalue weighted by Crippen LogP contribution is -2.41. The first-order valence-corrected chi connectivity index (χ1v) is 4.23. The van der Waals surface area contributed by atoms with E-state index in [2.05, 4.69) is 18.4 Å². The van der Waals surface area contributed by atoms with Gasteiger partial charge < -0.3 is 4.74 Å². The average Bonchev–Trinajstić information content (AvgIpc) is 1.85. The molecule has 0 saturated carbocycles. The molecule has 0 amide bonds. The highest BCUT2D eigenvalue weighted by Gasteiger charge is 2.15. The maximum Gasteiger partial charge on any atom is 0.0674 e. The molecule has 0 radical (unpaired) electrons. The van der Waals surface area contributed by atoms with Crippen molar-refractivity contribution in [1.29, 1.82) is 0 Å². The van der Waals surface area contributed by atoms with Crippen LogP contribution in [0.1, 0.15) is 6.92 Å². The third kappa shape index (κ3) is 3.23. The van der Waals surface area contributed by atoms with Crippen LogP contribution in [0.4, 0.5) is 0 Å². The van der Waals surface area contributed by atoms with Crippen molar-refractivity contribution in [3.8, 4) is 0 Å². The lowest BCUT2D eigenvalue weighted by atomic mass is 10.3. The molecule has 1 heterocycles. The molecule has 64 valence electrons. The molecule has 1 rings (SSSR count). The Morgan fingerprint density at radius 2 is 2.55 bits per heavy atom. The Labute approximate surface area is 72.8 Å². The van der Waals surface area contributed by atoms with Crippen molar-refractivity contribution in [3.05, 3.63) is 11.6 Å². The van der Waals surface area contributed by atoms with E-state index in [0.29, 0.717) is 11.1 Å². The van der Waals surface area contributed by atoms with Gasteiger partial charge in [-0.15, -0.1) is 0 Å². The molecule has 3 heteroatoms. The van der Waals surface area contributed by atoms with Crippen LogP contribution in [0.2, 0.25) is 0 Å². The maximum absolute atomic E-state index is 5.68. The summed E-state index contributed by atoms with van der Waals surface area (Å²) in [5, 5.41) is 0.708. The van der Waals surface area contributed by atoms with Gasteiger partial charge in [-0.3, -0.25) is 4.90 Å². The van der Waals surface area contributed by atoms with Crippen molar-refractivity contribution >= 4 is 11.6 Å². The summed E-state index contributed by atoms with van der Waals surface area (Å²) in [5.41, 5.74) is 0. The summed E-state index contributed by atoms with van der Waals surface area (Å²) in [6.45, 7) is 9.26. The second-order valence-corrected chi connectivity index (χ2v) is 3.47. The van der Waals surface area contributed by atoms with Gasteiger partial charge in [-0.2, -0.15) is 0 Å². The fourth-order valence-corrected chi connectivity index (χ4v) is 1.45. The molecular weight excluding hydrogens is 162 g/mol. The van der Waals surface area contributed by atoms with E-state index in [-0.39, 0.29) is 0 Å². The predicted molar refractivity (Wildman–Crippen MR) is 46.8 cm³/mol. The number of rotatable bonds is 2. The Hall–Kier alpha value is -0.0500. The molecule has 0 bridgehead atoms. The molecular formula is C8H14ClNO. The van der Waals surface area contributed by atoms with Crippen molar-refractivity contribution in [1.82, 2.24) is 4.90 Å². The topological polar surface area (TPSA) is 12.5 Å². The minimum Gasteiger partial charge on any atom is -0.376 e. The van der Waals surface area contributed by atoms with E-state index in [1.807, 2.05) is 0 Å². The average molecular weight is 176 g/mol. The molecule has 1 saturated heterocycles. The molecule has 0 spiro atoms. The van der Waals surface area contributed by atoms with Gasteiger partial charge in [0.25, 0.3) is 0 Å². The normalized spacial score (nSPS) is 26.9. The van der Waals surface area contributed by atoms with Crippen LogP contribution in [0.5, 0.6) is 0 Å². The standard InChI is InChI=1S/C8H14ClNO/c1-7(9)5-10-3-4-11-8(2)6-10/h8H,1,3-6H2,2H3. The van der Waals surface area contributed by atoms with E-state index in [1.165, 1.54) is 0 Å². The molecule has 1 aliphatic heterocycles.